The van der Waals surface area contributed by atoms with Gasteiger partial charge in [-0.1, -0.05) is 0 Å². The molecular formula is C6H8F4. The van der Waals surface area contributed by atoms with Gasteiger partial charge in [0.05, 0.1) is 0 Å². The molecule has 0 aliphatic carbocycles. The van der Waals surface area contributed by atoms with E-state index in [9.17, 15) is 17.6 Å². The monoisotopic (exact) mass is 156 g/mol. The Labute approximate surface area is 56.9 Å². The van der Waals surface area contributed by atoms with Gasteiger partial charge < -0.3 is 0 Å². The number of halogens is 4. The second-order valence-electron chi connectivity index (χ2n) is 1.39. The summed E-state index contributed by atoms with van der Waals surface area (Å²) in [6.07, 6.45) is -0.167. The van der Waals surface area contributed by atoms with Crippen LogP contribution in [0.5, 0.6) is 0 Å². The van der Waals surface area contributed by atoms with Crippen LogP contribution in [0.25, 0.3) is 0 Å². The fourth-order valence-corrected chi connectivity index (χ4v) is 0. The molecule has 0 fully saturated rings. The van der Waals surface area contributed by atoms with Gasteiger partial charge >= 0.3 is 0 Å². The predicted octanol–water partition coefficient (Wildman–Crippen LogP) is 3.57. The highest BCUT2D eigenvalue weighted by Crippen LogP contribution is 1.89. The van der Waals surface area contributed by atoms with Crippen molar-refractivity contribution in [1.29, 1.82) is 0 Å². The van der Waals surface area contributed by atoms with Crippen molar-refractivity contribution in [2.24, 2.45) is 0 Å². The zero-order chi connectivity index (χ0) is 8.57. The first-order valence-electron chi connectivity index (χ1n) is 2.39. The zero-order valence-corrected chi connectivity index (χ0v) is 5.67. The van der Waals surface area contributed by atoms with Crippen LogP contribution in [0.4, 0.5) is 17.6 Å². The predicted molar refractivity (Wildman–Crippen MR) is 31.9 cm³/mol. The van der Waals surface area contributed by atoms with E-state index in [0.29, 0.717) is 0 Å². The quantitative estimate of drug-likeness (QED) is 0.470. The lowest BCUT2D eigenvalue weighted by Gasteiger charge is -1.65. The first-order chi connectivity index (χ1) is 4.54. The standard InChI is InChI=1S/2C3H4F2/c2*1-3(5)2-4/h2*2H,1H3/b3-2+;3-2-. The van der Waals surface area contributed by atoms with Crippen LogP contribution in [-0.4, -0.2) is 0 Å². The first-order valence-corrected chi connectivity index (χ1v) is 2.39. The first kappa shape index (κ1) is 11.9. The van der Waals surface area contributed by atoms with Crippen molar-refractivity contribution in [3.8, 4) is 0 Å². The Hall–Kier alpha value is -0.800. The molecule has 0 amide bonds. The van der Waals surface area contributed by atoms with Crippen LogP contribution >= 0.6 is 0 Å². The molecule has 0 unspecified atom stereocenters. The summed E-state index contributed by atoms with van der Waals surface area (Å²) in [6.45, 7) is 2.08. The molecular weight excluding hydrogens is 148 g/mol. The molecule has 60 valence electrons. The van der Waals surface area contributed by atoms with Gasteiger partial charge in [0.1, 0.15) is 24.3 Å². The highest BCUT2D eigenvalue weighted by Gasteiger charge is 1.71. The second kappa shape index (κ2) is 8.20. The van der Waals surface area contributed by atoms with Gasteiger partial charge in [-0.15, -0.1) is 0 Å². The van der Waals surface area contributed by atoms with Crippen LogP contribution in [-0.2, 0) is 0 Å². The molecule has 0 rings (SSSR count). The Morgan fingerprint density at radius 1 is 0.900 bits per heavy atom. The summed E-state index contributed by atoms with van der Waals surface area (Å²) in [5.74, 6) is -1.57. The third-order valence-corrected chi connectivity index (χ3v) is 0.301. The molecule has 0 bridgehead atoms. The smallest absolute Gasteiger partial charge is 0.125 e. The maximum absolute atomic E-state index is 10.9. The average Bonchev–Trinajstić information content (AvgIpc) is 1.89. The molecule has 0 saturated carbocycles. The third-order valence-electron chi connectivity index (χ3n) is 0.301. The molecule has 0 N–H and O–H groups in total. The van der Waals surface area contributed by atoms with Gasteiger partial charge in [0, 0.05) is 0 Å². The van der Waals surface area contributed by atoms with E-state index in [-0.39, 0.29) is 12.7 Å². The molecule has 0 atom stereocenters. The Balaban J connectivity index is 0. The van der Waals surface area contributed by atoms with E-state index in [2.05, 4.69) is 0 Å². The fourth-order valence-electron chi connectivity index (χ4n) is 0. The Morgan fingerprint density at radius 3 is 1.00 bits per heavy atom. The molecule has 0 spiro atoms. The van der Waals surface area contributed by atoms with Crippen molar-refractivity contribution < 1.29 is 17.6 Å². The van der Waals surface area contributed by atoms with Gasteiger partial charge in [-0.2, -0.15) is 0 Å². The molecule has 0 saturated heterocycles. The summed E-state index contributed by atoms with van der Waals surface area (Å²) in [5, 5.41) is 0. The van der Waals surface area contributed by atoms with Crippen LogP contribution in [0, 0.1) is 0 Å². The van der Waals surface area contributed by atoms with Crippen molar-refractivity contribution in [2.75, 3.05) is 0 Å². The van der Waals surface area contributed by atoms with Crippen LogP contribution < -0.4 is 0 Å². The van der Waals surface area contributed by atoms with Gasteiger partial charge in [0.15, 0.2) is 0 Å². The molecule has 4 heteroatoms. The lowest BCUT2D eigenvalue weighted by atomic mass is 10.7. The van der Waals surface area contributed by atoms with E-state index >= 15 is 0 Å². The minimum atomic E-state index is -0.787. The molecule has 0 heterocycles. The summed E-state index contributed by atoms with van der Waals surface area (Å²) >= 11 is 0. The van der Waals surface area contributed by atoms with Crippen molar-refractivity contribution in [1.82, 2.24) is 0 Å². The van der Waals surface area contributed by atoms with Gasteiger partial charge in [-0.05, 0) is 13.8 Å². The highest BCUT2D eigenvalue weighted by atomic mass is 19.2. The van der Waals surface area contributed by atoms with Gasteiger partial charge in [-0.3, -0.25) is 0 Å². The Bertz CT molecular complexity index is 102. The molecule has 10 heavy (non-hydrogen) atoms. The van der Waals surface area contributed by atoms with Crippen LogP contribution in [0.2, 0.25) is 0 Å². The normalized spacial score (nSPS) is 12.2. The number of hydrogen-bond donors (Lipinski definition) is 0. The van der Waals surface area contributed by atoms with Gasteiger partial charge in [0.25, 0.3) is 0 Å². The Kier molecular flexibility index (Phi) is 9.79. The topological polar surface area (TPSA) is 0 Å². The van der Waals surface area contributed by atoms with E-state index < -0.39 is 11.7 Å². The second-order valence-corrected chi connectivity index (χ2v) is 1.39. The zero-order valence-electron chi connectivity index (χ0n) is 5.67. The highest BCUT2D eigenvalue weighted by molar-refractivity contribution is 4.76. The lowest BCUT2D eigenvalue weighted by Crippen LogP contribution is -1.46. The summed E-state index contributed by atoms with van der Waals surface area (Å²) in [6, 6.07) is 0. The minimum absolute atomic E-state index is 0.0833. The van der Waals surface area contributed by atoms with E-state index in [1.807, 2.05) is 0 Å². The molecule has 0 nitrogen and oxygen atoms in total. The maximum atomic E-state index is 10.9. The van der Waals surface area contributed by atoms with Crippen molar-refractivity contribution in [3.63, 3.8) is 0 Å². The molecule has 0 aromatic heterocycles. The van der Waals surface area contributed by atoms with Crippen LogP contribution in [0.1, 0.15) is 13.8 Å². The SMILES string of the molecule is C/C(F)=C/F.C/C(F)=C\F. The molecule has 0 aromatic carbocycles. The number of allylic oxidation sites excluding steroid dienone is 2. The van der Waals surface area contributed by atoms with Crippen LogP contribution in [0.3, 0.4) is 0 Å². The lowest BCUT2D eigenvalue weighted by molar-refractivity contribution is 0.585. The molecule has 0 aliphatic rings. The average molecular weight is 156 g/mol. The summed E-state index contributed by atoms with van der Waals surface area (Å²) < 4.78 is 43.0. The molecule has 0 aliphatic heterocycles. The molecule has 0 radical (unpaired) electrons. The van der Waals surface area contributed by atoms with Crippen LogP contribution in [0.15, 0.2) is 24.3 Å². The largest absolute Gasteiger partial charge is 0.213 e. The summed E-state index contributed by atoms with van der Waals surface area (Å²) in [7, 11) is 0. The van der Waals surface area contributed by atoms with Gasteiger partial charge in [-0.25, -0.2) is 17.6 Å². The van der Waals surface area contributed by atoms with Gasteiger partial charge in [0.2, 0.25) is 0 Å². The number of hydrogen-bond acceptors (Lipinski definition) is 0. The Morgan fingerprint density at radius 2 is 1.00 bits per heavy atom. The van der Waals surface area contributed by atoms with Crippen molar-refractivity contribution in [2.45, 2.75) is 13.8 Å². The summed E-state index contributed by atoms with van der Waals surface area (Å²) in [4.78, 5) is 0. The van der Waals surface area contributed by atoms with Crippen molar-refractivity contribution in [3.05, 3.63) is 24.3 Å². The van der Waals surface area contributed by atoms with Crippen molar-refractivity contribution >= 4 is 0 Å². The fraction of sp³-hybridized carbons (Fsp3) is 0.333. The van der Waals surface area contributed by atoms with E-state index in [0.717, 1.165) is 13.8 Å². The minimum Gasteiger partial charge on any atom is -0.213 e. The molecule has 0 aromatic rings. The third kappa shape index (κ3) is 27.0. The summed E-state index contributed by atoms with van der Waals surface area (Å²) in [5.41, 5.74) is 0. The van der Waals surface area contributed by atoms with E-state index in [4.69, 9.17) is 0 Å². The number of rotatable bonds is 0. The van der Waals surface area contributed by atoms with E-state index in [1.54, 1.807) is 0 Å². The maximum Gasteiger partial charge on any atom is 0.125 e. The van der Waals surface area contributed by atoms with E-state index in [1.165, 1.54) is 0 Å².